The maximum Gasteiger partial charge on any atom is 0.379 e. The van der Waals surface area contributed by atoms with Crippen molar-refractivity contribution >= 4 is 29.4 Å². The summed E-state index contributed by atoms with van der Waals surface area (Å²) in [5.74, 6) is -1.01. The summed E-state index contributed by atoms with van der Waals surface area (Å²) in [6, 6.07) is 6.67. The van der Waals surface area contributed by atoms with Gasteiger partial charge >= 0.3 is 5.97 Å². The summed E-state index contributed by atoms with van der Waals surface area (Å²) in [7, 11) is 0. The molecule has 0 saturated heterocycles. The van der Waals surface area contributed by atoms with E-state index in [9.17, 15) is 9.59 Å². The molecule has 0 aliphatic rings. The number of hydrogen-bond acceptors (Lipinski definition) is 3. The fraction of sp³-hybridized carbons (Fsp3) is 0.231. The van der Waals surface area contributed by atoms with Crippen LogP contribution in [0.5, 0.6) is 0 Å². The Morgan fingerprint density at radius 2 is 1.94 bits per heavy atom. The third kappa shape index (κ3) is 4.04. The molecule has 0 atom stereocenters. The summed E-state index contributed by atoms with van der Waals surface area (Å²) in [6.45, 7) is 1.85. The SMILES string of the molecule is CCOC(=O)C(=O)c1ccc(C=CCCl)cc1. The van der Waals surface area contributed by atoms with Crippen molar-refractivity contribution < 1.29 is 14.3 Å². The number of esters is 1. The van der Waals surface area contributed by atoms with E-state index in [2.05, 4.69) is 4.74 Å². The first kappa shape index (κ1) is 13.5. The predicted octanol–water partition coefficient (Wildman–Crippen LogP) is 2.68. The summed E-state index contributed by atoms with van der Waals surface area (Å²) < 4.78 is 4.63. The van der Waals surface area contributed by atoms with Gasteiger partial charge in [0.05, 0.1) is 6.61 Å². The summed E-state index contributed by atoms with van der Waals surface area (Å²) in [4.78, 5) is 22.7. The van der Waals surface area contributed by atoms with Crippen LogP contribution in [-0.2, 0) is 9.53 Å². The molecule has 1 rings (SSSR count). The van der Waals surface area contributed by atoms with E-state index in [4.69, 9.17) is 11.6 Å². The van der Waals surface area contributed by atoms with E-state index in [0.29, 0.717) is 11.4 Å². The van der Waals surface area contributed by atoms with Gasteiger partial charge in [0.1, 0.15) is 0 Å². The molecular weight excluding hydrogens is 240 g/mol. The van der Waals surface area contributed by atoms with Crippen molar-refractivity contribution in [3.05, 3.63) is 41.5 Å². The first-order valence-electron chi connectivity index (χ1n) is 5.23. The largest absolute Gasteiger partial charge is 0.460 e. The van der Waals surface area contributed by atoms with Crippen LogP contribution in [0.2, 0.25) is 0 Å². The number of carbonyl (C=O) groups excluding carboxylic acids is 2. The molecule has 0 bridgehead atoms. The van der Waals surface area contributed by atoms with Crippen LogP contribution in [0.3, 0.4) is 0 Å². The normalized spacial score (nSPS) is 10.5. The van der Waals surface area contributed by atoms with Gasteiger partial charge in [-0.3, -0.25) is 4.79 Å². The van der Waals surface area contributed by atoms with Gasteiger partial charge in [-0.25, -0.2) is 4.79 Å². The Morgan fingerprint density at radius 3 is 2.47 bits per heavy atom. The molecule has 0 spiro atoms. The minimum Gasteiger partial charge on any atom is -0.460 e. The Kier molecular flexibility index (Phi) is 5.43. The van der Waals surface area contributed by atoms with Crippen LogP contribution in [-0.4, -0.2) is 24.2 Å². The number of carbonyl (C=O) groups is 2. The zero-order valence-electron chi connectivity index (χ0n) is 9.48. The lowest BCUT2D eigenvalue weighted by Gasteiger charge is -2.01. The third-order valence-electron chi connectivity index (χ3n) is 2.03. The molecule has 1 aromatic carbocycles. The van der Waals surface area contributed by atoms with Crippen molar-refractivity contribution in [2.24, 2.45) is 0 Å². The molecule has 0 fully saturated rings. The summed E-state index contributed by atoms with van der Waals surface area (Å²) in [5.41, 5.74) is 1.25. The van der Waals surface area contributed by atoms with Crippen molar-refractivity contribution in [2.75, 3.05) is 12.5 Å². The Bertz CT molecular complexity index is 421. The smallest absolute Gasteiger partial charge is 0.379 e. The van der Waals surface area contributed by atoms with Crippen LogP contribution in [0.4, 0.5) is 0 Å². The van der Waals surface area contributed by atoms with Gasteiger partial charge in [-0.15, -0.1) is 11.6 Å². The second kappa shape index (κ2) is 6.86. The number of Topliss-reactive ketones (excluding diaryl/α,β-unsaturated/α-hetero) is 1. The molecular formula is C13H13ClO3. The average molecular weight is 253 g/mol. The number of allylic oxidation sites excluding steroid dienone is 1. The quantitative estimate of drug-likeness (QED) is 0.350. The number of hydrogen-bond donors (Lipinski definition) is 0. The monoisotopic (exact) mass is 252 g/mol. The molecule has 4 heteroatoms. The Balaban J connectivity index is 2.77. The van der Waals surface area contributed by atoms with Crippen LogP contribution in [0.1, 0.15) is 22.8 Å². The van der Waals surface area contributed by atoms with Crippen molar-refractivity contribution in [3.8, 4) is 0 Å². The molecule has 0 heterocycles. The molecule has 0 aromatic heterocycles. The standard InChI is InChI=1S/C13H13ClO3/c1-2-17-13(16)12(15)11-7-5-10(6-8-11)4-3-9-14/h3-8H,2,9H2,1H3. The number of ketones is 1. The third-order valence-corrected chi connectivity index (χ3v) is 2.21. The van der Waals surface area contributed by atoms with Crippen LogP contribution >= 0.6 is 11.6 Å². The van der Waals surface area contributed by atoms with E-state index < -0.39 is 11.8 Å². The lowest BCUT2D eigenvalue weighted by atomic mass is 10.1. The van der Waals surface area contributed by atoms with E-state index in [1.165, 1.54) is 0 Å². The lowest BCUT2D eigenvalue weighted by Crippen LogP contribution is -2.17. The van der Waals surface area contributed by atoms with E-state index in [1.54, 1.807) is 37.3 Å². The van der Waals surface area contributed by atoms with Crippen molar-refractivity contribution in [1.82, 2.24) is 0 Å². The minimum absolute atomic E-state index is 0.196. The molecule has 90 valence electrons. The van der Waals surface area contributed by atoms with Gasteiger partial charge in [-0.2, -0.15) is 0 Å². The van der Waals surface area contributed by atoms with Gasteiger partial charge in [0, 0.05) is 11.4 Å². The zero-order valence-corrected chi connectivity index (χ0v) is 10.2. The number of benzene rings is 1. The van der Waals surface area contributed by atoms with Crippen molar-refractivity contribution in [2.45, 2.75) is 6.92 Å². The maximum atomic E-state index is 11.5. The van der Waals surface area contributed by atoms with Crippen LogP contribution in [0.15, 0.2) is 30.3 Å². The molecule has 0 radical (unpaired) electrons. The fourth-order valence-corrected chi connectivity index (χ4v) is 1.33. The molecule has 0 N–H and O–H groups in total. The van der Waals surface area contributed by atoms with E-state index in [0.717, 1.165) is 5.56 Å². The Morgan fingerprint density at radius 1 is 1.29 bits per heavy atom. The van der Waals surface area contributed by atoms with Gasteiger partial charge in [0.2, 0.25) is 0 Å². The molecule has 1 aromatic rings. The predicted molar refractivity (Wildman–Crippen MR) is 67.2 cm³/mol. The van der Waals surface area contributed by atoms with Gasteiger partial charge in [-0.05, 0) is 12.5 Å². The van der Waals surface area contributed by atoms with E-state index >= 15 is 0 Å². The van der Waals surface area contributed by atoms with Gasteiger partial charge < -0.3 is 4.74 Å². The van der Waals surface area contributed by atoms with Gasteiger partial charge in [-0.1, -0.05) is 36.4 Å². The Labute approximate surface area is 105 Å². The highest BCUT2D eigenvalue weighted by Crippen LogP contribution is 2.08. The number of rotatable bonds is 5. The van der Waals surface area contributed by atoms with Gasteiger partial charge in [0.25, 0.3) is 5.78 Å². The van der Waals surface area contributed by atoms with E-state index in [-0.39, 0.29) is 6.61 Å². The highest BCUT2D eigenvalue weighted by Gasteiger charge is 2.16. The van der Waals surface area contributed by atoms with E-state index in [1.807, 2.05) is 6.08 Å². The minimum atomic E-state index is -0.823. The lowest BCUT2D eigenvalue weighted by molar-refractivity contribution is -0.137. The molecule has 0 aliphatic carbocycles. The molecule has 0 saturated carbocycles. The summed E-state index contributed by atoms with van der Waals surface area (Å²) in [6.07, 6.45) is 3.63. The highest BCUT2D eigenvalue weighted by atomic mass is 35.5. The molecule has 0 aliphatic heterocycles. The summed E-state index contributed by atoms with van der Waals surface area (Å²) in [5, 5.41) is 0. The van der Waals surface area contributed by atoms with Crippen molar-refractivity contribution in [3.63, 3.8) is 0 Å². The van der Waals surface area contributed by atoms with Crippen molar-refractivity contribution in [1.29, 1.82) is 0 Å². The zero-order chi connectivity index (χ0) is 12.7. The second-order valence-corrected chi connectivity index (χ2v) is 3.54. The van der Waals surface area contributed by atoms with Crippen LogP contribution < -0.4 is 0 Å². The highest BCUT2D eigenvalue weighted by molar-refractivity contribution is 6.40. The average Bonchev–Trinajstić information content (AvgIpc) is 2.36. The first-order chi connectivity index (χ1) is 8.19. The van der Waals surface area contributed by atoms with Gasteiger partial charge in [0.15, 0.2) is 0 Å². The Hall–Kier alpha value is -1.61. The van der Waals surface area contributed by atoms with Crippen LogP contribution in [0, 0.1) is 0 Å². The fourth-order valence-electron chi connectivity index (χ4n) is 1.24. The molecule has 3 nitrogen and oxygen atoms in total. The molecule has 0 amide bonds. The number of halogens is 1. The topological polar surface area (TPSA) is 43.4 Å². The molecule has 17 heavy (non-hydrogen) atoms. The second-order valence-electron chi connectivity index (χ2n) is 3.23. The maximum absolute atomic E-state index is 11.5. The molecule has 0 unspecified atom stereocenters. The number of ether oxygens (including phenoxy) is 1. The first-order valence-corrected chi connectivity index (χ1v) is 5.76. The summed E-state index contributed by atoms with van der Waals surface area (Å²) >= 11 is 5.51. The van der Waals surface area contributed by atoms with Crippen LogP contribution in [0.25, 0.3) is 6.08 Å². The number of alkyl halides is 1.